The van der Waals surface area contributed by atoms with Gasteiger partial charge in [-0.05, 0) is 6.92 Å². The van der Waals surface area contributed by atoms with Crippen LogP contribution in [0.1, 0.15) is 45.0 Å². The summed E-state index contributed by atoms with van der Waals surface area (Å²) in [5.41, 5.74) is -0.117. The minimum atomic E-state index is -0.746. The predicted molar refractivity (Wildman–Crippen MR) is 84.0 cm³/mol. The maximum absolute atomic E-state index is 10.5. The third kappa shape index (κ3) is 4.05. The van der Waals surface area contributed by atoms with Crippen LogP contribution in [-0.2, 0) is 10.2 Å². The second-order valence-electron chi connectivity index (χ2n) is 6.75. The van der Waals surface area contributed by atoms with Crippen LogP contribution >= 0.6 is 11.6 Å². The van der Waals surface area contributed by atoms with Crippen molar-refractivity contribution in [3.63, 3.8) is 0 Å². The van der Waals surface area contributed by atoms with Gasteiger partial charge in [-0.15, -0.1) is 0 Å². The second-order valence-corrected chi connectivity index (χ2v) is 7.11. The van der Waals surface area contributed by atoms with E-state index in [0.29, 0.717) is 49.4 Å². The van der Waals surface area contributed by atoms with E-state index in [9.17, 15) is 5.11 Å². The van der Waals surface area contributed by atoms with Crippen molar-refractivity contribution in [1.29, 1.82) is 0 Å². The Kier molecular flexibility index (Phi) is 4.76. The van der Waals surface area contributed by atoms with Gasteiger partial charge >= 0.3 is 0 Å². The molecule has 1 aromatic rings. The zero-order valence-corrected chi connectivity index (χ0v) is 13.9. The first-order chi connectivity index (χ1) is 9.71. The summed E-state index contributed by atoms with van der Waals surface area (Å²) in [5, 5.41) is 14.2. The smallest absolute Gasteiger partial charge is 0.137 e. The summed E-state index contributed by atoms with van der Waals surface area (Å²) in [6.45, 7) is 9.64. The summed E-state index contributed by atoms with van der Waals surface area (Å²) in [5.74, 6) is 1.39. The molecule has 2 rings (SSSR count). The van der Waals surface area contributed by atoms with Crippen molar-refractivity contribution < 1.29 is 9.84 Å². The first-order valence-electron chi connectivity index (χ1n) is 7.30. The molecule has 5 nitrogen and oxygen atoms in total. The highest BCUT2D eigenvalue weighted by Crippen LogP contribution is 2.27. The Hall–Kier alpha value is -0.910. The van der Waals surface area contributed by atoms with Crippen molar-refractivity contribution in [2.75, 3.05) is 25.1 Å². The molecular weight excluding hydrogens is 290 g/mol. The fraction of sp³-hybridized carbons (Fsp3) is 0.733. The van der Waals surface area contributed by atoms with Gasteiger partial charge in [0.1, 0.15) is 16.8 Å². The Balaban J connectivity index is 2.17. The molecule has 1 saturated heterocycles. The number of aliphatic hydroxyl groups is 1. The molecule has 1 aromatic heterocycles. The number of ether oxygens (including phenoxy) is 1. The molecule has 0 saturated carbocycles. The van der Waals surface area contributed by atoms with E-state index < -0.39 is 5.60 Å². The Labute approximate surface area is 131 Å². The molecule has 6 heteroatoms. The molecular formula is C15H24ClN3O2. The zero-order chi connectivity index (χ0) is 15.7. The normalized spacial score (nSPS) is 18.6. The quantitative estimate of drug-likeness (QED) is 0.840. The number of anilines is 1. The predicted octanol–water partition coefficient (Wildman–Crippen LogP) is 2.69. The Morgan fingerprint density at radius 3 is 2.48 bits per heavy atom. The minimum Gasteiger partial charge on any atom is -0.388 e. The maximum Gasteiger partial charge on any atom is 0.137 e. The summed E-state index contributed by atoms with van der Waals surface area (Å²) in [7, 11) is 0. The van der Waals surface area contributed by atoms with E-state index in [1.165, 1.54) is 0 Å². The fourth-order valence-corrected chi connectivity index (χ4v) is 2.34. The topological polar surface area (TPSA) is 67.3 Å². The van der Waals surface area contributed by atoms with E-state index >= 15 is 0 Å². The molecule has 118 valence electrons. The molecule has 0 spiro atoms. The molecule has 21 heavy (non-hydrogen) atoms. The van der Waals surface area contributed by atoms with Gasteiger partial charge in [-0.2, -0.15) is 0 Å². The van der Waals surface area contributed by atoms with Gasteiger partial charge < -0.3 is 15.2 Å². The first kappa shape index (κ1) is 16.5. The summed E-state index contributed by atoms with van der Waals surface area (Å²) < 4.78 is 5.29. The Morgan fingerprint density at radius 2 is 1.90 bits per heavy atom. The standard InChI is InChI=1S/C15H24ClN3O2/c1-10-11(16)18-13(14(2,3)4)19-12(10)17-9-15(20)5-7-21-8-6-15/h20H,5-9H2,1-4H3,(H,17,18,19). The van der Waals surface area contributed by atoms with Gasteiger partial charge in [-0.25, -0.2) is 9.97 Å². The summed E-state index contributed by atoms with van der Waals surface area (Å²) in [6, 6.07) is 0. The molecule has 2 heterocycles. The van der Waals surface area contributed by atoms with Crippen molar-refractivity contribution in [2.45, 2.75) is 51.6 Å². The van der Waals surface area contributed by atoms with Crippen LogP contribution < -0.4 is 5.32 Å². The van der Waals surface area contributed by atoms with E-state index in [-0.39, 0.29) is 5.41 Å². The van der Waals surface area contributed by atoms with Crippen molar-refractivity contribution in [2.24, 2.45) is 0 Å². The van der Waals surface area contributed by atoms with E-state index in [1.807, 2.05) is 27.7 Å². The van der Waals surface area contributed by atoms with Gasteiger partial charge in [0.05, 0.1) is 5.60 Å². The fourth-order valence-electron chi connectivity index (χ4n) is 2.17. The van der Waals surface area contributed by atoms with Gasteiger partial charge in [0, 0.05) is 43.6 Å². The molecule has 0 aliphatic carbocycles. The van der Waals surface area contributed by atoms with Crippen molar-refractivity contribution in [1.82, 2.24) is 9.97 Å². The van der Waals surface area contributed by atoms with Gasteiger partial charge in [0.2, 0.25) is 0 Å². The molecule has 0 radical (unpaired) electrons. The van der Waals surface area contributed by atoms with Crippen molar-refractivity contribution in [3.05, 3.63) is 16.5 Å². The van der Waals surface area contributed by atoms with Crippen LogP contribution in [0, 0.1) is 6.92 Å². The van der Waals surface area contributed by atoms with Crippen LogP contribution in [0.25, 0.3) is 0 Å². The Bertz CT molecular complexity index is 508. The van der Waals surface area contributed by atoms with Crippen LogP contribution in [0.3, 0.4) is 0 Å². The lowest BCUT2D eigenvalue weighted by Gasteiger charge is -2.32. The largest absolute Gasteiger partial charge is 0.388 e. The number of halogens is 1. The van der Waals surface area contributed by atoms with E-state index in [2.05, 4.69) is 15.3 Å². The van der Waals surface area contributed by atoms with Gasteiger partial charge in [0.25, 0.3) is 0 Å². The van der Waals surface area contributed by atoms with E-state index in [0.717, 1.165) is 5.56 Å². The first-order valence-corrected chi connectivity index (χ1v) is 7.68. The lowest BCUT2D eigenvalue weighted by molar-refractivity contribution is -0.0543. The van der Waals surface area contributed by atoms with E-state index in [1.54, 1.807) is 0 Å². The van der Waals surface area contributed by atoms with Crippen LogP contribution in [0.5, 0.6) is 0 Å². The average Bonchev–Trinajstić information content (AvgIpc) is 2.40. The molecule has 1 aliphatic heterocycles. The van der Waals surface area contributed by atoms with Gasteiger partial charge in [0.15, 0.2) is 0 Å². The molecule has 0 bridgehead atoms. The number of nitrogens with zero attached hydrogens (tertiary/aromatic N) is 2. The highest BCUT2D eigenvalue weighted by Gasteiger charge is 2.30. The third-order valence-corrected chi connectivity index (χ3v) is 4.13. The number of rotatable bonds is 3. The number of nitrogens with one attached hydrogen (secondary N) is 1. The SMILES string of the molecule is Cc1c(Cl)nc(C(C)(C)C)nc1NCC1(O)CCOCC1. The molecule has 2 N–H and O–H groups in total. The molecule has 0 amide bonds. The summed E-state index contributed by atoms with van der Waals surface area (Å²) >= 11 is 6.21. The van der Waals surface area contributed by atoms with E-state index in [4.69, 9.17) is 16.3 Å². The maximum atomic E-state index is 10.5. The zero-order valence-electron chi connectivity index (χ0n) is 13.2. The molecule has 0 aromatic carbocycles. The van der Waals surface area contributed by atoms with Crippen LogP contribution in [0.4, 0.5) is 5.82 Å². The number of hydrogen-bond acceptors (Lipinski definition) is 5. The van der Waals surface area contributed by atoms with Crippen LogP contribution in [0.2, 0.25) is 5.15 Å². The highest BCUT2D eigenvalue weighted by atomic mass is 35.5. The minimum absolute atomic E-state index is 0.177. The number of hydrogen-bond donors (Lipinski definition) is 2. The average molecular weight is 314 g/mol. The summed E-state index contributed by atoms with van der Waals surface area (Å²) in [6.07, 6.45) is 1.26. The van der Waals surface area contributed by atoms with Crippen molar-refractivity contribution in [3.8, 4) is 0 Å². The monoisotopic (exact) mass is 313 g/mol. The Morgan fingerprint density at radius 1 is 1.29 bits per heavy atom. The van der Waals surface area contributed by atoms with Gasteiger partial charge in [-0.1, -0.05) is 32.4 Å². The molecule has 1 aliphatic rings. The lowest BCUT2D eigenvalue weighted by atomic mass is 9.94. The summed E-state index contributed by atoms with van der Waals surface area (Å²) in [4.78, 5) is 8.92. The van der Waals surface area contributed by atoms with Crippen LogP contribution in [-0.4, -0.2) is 40.4 Å². The molecule has 1 fully saturated rings. The third-order valence-electron chi connectivity index (χ3n) is 3.77. The molecule has 0 atom stereocenters. The lowest BCUT2D eigenvalue weighted by Crippen LogP contribution is -2.42. The number of aromatic nitrogens is 2. The van der Waals surface area contributed by atoms with Gasteiger partial charge in [-0.3, -0.25) is 0 Å². The highest BCUT2D eigenvalue weighted by molar-refractivity contribution is 6.30. The second kappa shape index (κ2) is 6.07. The van der Waals surface area contributed by atoms with Crippen molar-refractivity contribution >= 4 is 17.4 Å². The molecule has 0 unspecified atom stereocenters. The van der Waals surface area contributed by atoms with Crippen LogP contribution in [0.15, 0.2) is 0 Å².